The number of benzene rings is 1. The van der Waals surface area contributed by atoms with E-state index >= 15 is 0 Å². The lowest BCUT2D eigenvalue weighted by atomic mass is 9.99. The molecule has 0 saturated heterocycles. The fourth-order valence-corrected chi connectivity index (χ4v) is 2.47. The minimum absolute atomic E-state index is 0.110. The van der Waals surface area contributed by atoms with Gasteiger partial charge in [-0.05, 0) is 24.0 Å². The average Bonchev–Trinajstić information content (AvgIpc) is 2.52. The van der Waals surface area contributed by atoms with Crippen LogP contribution in [0.5, 0.6) is 0 Å². The Hall–Kier alpha value is -2.88. The molecule has 0 unspecified atom stereocenters. The molecule has 25 heavy (non-hydrogen) atoms. The molecule has 3 amide bonds. The fraction of sp³-hybridized carbons (Fsp3) is 0.444. The van der Waals surface area contributed by atoms with Gasteiger partial charge in [0.25, 0.3) is 0 Å². The van der Waals surface area contributed by atoms with Crippen LogP contribution in [0.4, 0.5) is 0 Å². The van der Waals surface area contributed by atoms with Crippen molar-refractivity contribution < 1.29 is 14.4 Å². The number of carbonyl (C=O) groups excluding carboxylic acids is 3. The maximum Gasteiger partial charge on any atom is 0.243 e. The minimum Gasteiger partial charge on any atom is -0.368 e. The van der Waals surface area contributed by atoms with E-state index in [0.717, 1.165) is 0 Å². The van der Waals surface area contributed by atoms with Crippen molar-refractivity contribution >= 4 is 17.7 Å². The van der Waals surface area contributed by atoms with Crippen LogP contribution in [0.2, 0.25) is 0 Å². The Bertz CT molecular complexity index is 679. The molecule has 0 aliphatic heterocycles. The number of nitrogens with zero attached hydrogens (tertiary/aromatic N) is 1. The molecule has 4 N–H and O–H groups in total. The van der Waals surface area contributed by atoms with Gasteiger partial charge >= 0.3 is 0 Å². The van der Waals surface area contributed by atoms with Gasteiger partial charge < -0.3 is 16.4 Å². The van der Waals surface area contributed by atoms with Crippen LogP contribution in [-0.4, -0.2) is 29.8 Å². The maximum atomic E-state index is 12.5. The highest BCUT2D eigenvalue weighted by molar-refractivity contribution is 5.91. The van der Waals surface area contributed by atoms with E-state index in [4.69, 9.17) is 11.0 Å². The van der Waals surface area contributed by atoms with Crippen molar-refractivity contribution in [1.82, 2.24) is 10.6 Å². The van der Waals surface area contributed by atoms with Crippen molar-refractivity contribution in [2.75, 3.05) is 0 Å². The predicted molar refractivity (Wildman–Crippen MR) is 93.0 cm³/mol. The van der Waals surface area contributed by atoms with E-state index in [-0.39, 0.29) is 18.2 Å². The smallest absolute Gasteiger partial charge is 0.243 e. The molecule has 1 rings (SSSR count). The van der Waals surface area contributed by atoms with Gasteiger partial charge in [0.2, 0.25) is 17.7 Å². The van der Waals surface area contributed by atoms with Crippen molar-refractivity contribution in [3.05, 3.63) is 35.4 Å². The number of rotatable bonds is 8. The molecule has 7 nitrogen and oxygen atoms in total. The molecule has 0 spiro atoms. The van der Waals surface area contributed by atoms with E-state index in [1.165, 1.54) is 6.92 Å². The standard InChI is InChI=1S/C18H24N4O3/c1-11(2)8-16(21-12(3)23)18(25)22-15(17(20)24)9-13-6-4-5-7-14(13)10-19/h4-7,11,15-16H,8-9H2,1-3H3,(H2,20,24)(H,21,23)(H,22,25)/t15-,16-/m0/s1. The van der Waals surface area contributed by atoms with Crippen LogP contribution in [0, 0.1) is 17.2 Å². The number of hydrogen-bond donors (Lipinski definition) is 3. The molecular weight excluding hydrogens is 320 g/mol. The maximum absolute atomic E-state index is 12.5. The number of nitriles is 1. The highest BCUT2D eigenvalue weighted by atomic mass is 16.2. The monoisotopic (exact) mass is 344 g/mol. The van der Waals surface area contributed by atoms with Crippen LogP contribution in [0.1, 0.15) is 38.3 Å². The number of carbonyl (C=O) groups is 3. The Morgan fingerprint density at radius 2 is 1.80 bits per heavy atom. The Kier molecular flexibility index (Phi) is 7.60. The largest absolute Gasteiger partial charge is 0.368 e. The van der Waals surface area contributed by atoms with E-state index in [2.05, 4.69) is 10.6 Å². The molecule has 0 aliphatic rings. The van der Waals surface area contributed by atoms with Crippen LogP contribution in [0.15, 0.2) is 24.3 Å². The Labute approximate surface area is 147 Å². The molecule has 7 heteroatoms. The molecule has 0 bridgehead atoms. The van der Waals surface area contributed by atoms with E-state index in [0.29, 0.717) is 17.5 Å². The predicted octanol–water partition coefficient (Wildman–Crippen LogP) is 0.622. The van der Waals surface area contributed by atoms with Gasteiger partial charge in [0.05, 0.1) is 11.6 Å². The first-order chi connectivity index (χ1) is 11.7. The number of hydrogen-bond acceptors (Lipinski definition) is 4. The SMILES string of the molecule is CC(=O)N[C@@H](CC(C)C)C(=O)N[C@@H](Cc1ccccc1C#N)C(N)=O. The molecule has 0 saturated carbocycles. The van der Waals surface area contributed by atoms with Gasteiger partial charge in [0, 0.05) is 13.3 Å². The lowest BCUT2D eigenvalue weighted by Gasteiger charge is -2.23. The number of primary amides is 1. The summed E-state index contributed by atoms with van der Waals surface area (Å²) in [5, 5.41) is 14.3. The molecule has 0 fully saturated rings. The summed E-state index contributed by atoms with van der Waals surface area (Å²) in [5.41, 5.74) is 6.44. The summed E-state index contributed by atoms with van der Waals surface area (Å²) in [6.07, 6.45) is 0.547. The molecule has 2 atom stereocenters. The second-order valence-corrected chi connectivity index (χ2v) is 6.32. The molecule has 0 aliphatic carbocycles. The van der Waals surface area contributed by atoms with E-state index in [1.54, 1.807) is 24.3 Å². The number of amides is 3. The second kappa shape index (κ2) is 9.42. The zero-order valence-electron chi connectivity index (χ0n) is 14.7. The quantitative estimate of drug-likeness (QED) is 0.639. The summed E-state index contributed by atoms with van der Waals surface area (Å²) < 4.78 is 0. The summed E-state index contributed by atoms with van der Waals surface area (Å²) in [5.74, 6) is -1.32. The van der Waals surface area contributed by atoms with Gasteiger partial charge in [-0.25, -0.2) is 0 Å². The van der Waals surface area contributed by atoms with Crippen LogP contribution < -0.4 is 16.4 Å². The van der Waals surface area contributed by atoms with E-state index in [1.807, 2.05) is 19.9 Å². The number of nitrogens with one attached hydrogen (secondary N) is 2. The summed E-state index contributed by atoms with van der Waals surface area (Å²) in [7, 11) is 0. The highest BCUT2D eigenvalue weighted by Crippen LogP contribution is 2.11. The van der Waals surface area contributed by atoms with Crippen LogP contribution in [0.3, 0.4) is 0 Å². The number of nitrogens with two attached hydrogens (primary N) is 1. The van der Waals surface area contributed by atoms with Gasteiger partial charge in [0.15, 0.2) is 0 Å². The minimum atomic E-state index is -0.967. The third-order valence-corrected chi connectivity index (χ3v) is 3.62. The Balaban J connectivity index is 2.92. The van der Waals surface area contributed by atoms with Gasteiger partial charge in [-0.3, -0.25) is 14.4 Å². The molecule has 1 aromatic rings. The van der Waals surface area contributed by atoms with Crippen molar-refractivity contribution in [2.45, 2.75) is 45.7 Å². The van der Waals surface area contributed by atoms with Crippen LogP contribution >= 0.6 is 0 Å². The first-order valence-corrected chi connectivity index (χ1v) is 8.09. The third kappa shape index (κ3) is 6.63. The van der Waals surface area contributed by atoms with Crippen molar-refractivity contribution in [1.29, 1.82) is 5.26 Å². The first kappa shape index (κ1) is 20.2. The Morgan fingerprint density at radius 3 is 2.32 bits per heavy atom. The van der Waals surface area contributed by atoms with Crippen molar-refractivity contribution in [2.24, 2.45) is 11.7 Å². The molecule has 0 aromatic heterocycles. The van der Waals surface area contributed by atoms with Gasteiger partial charge in [-0.2, -0.15) is 5.26 Å². The van der Waals surface area contributed by atoms with E-state index < -0.39 is 23.9 Å². The third-order valence-electron chi connectivity index (χ3n) is 3.62. The van der Waals surface area contributed by atoms with Crippen LogP contribution in [-0.2, 0) is 20.8 Å². The topological polar surface area (TPSA) is 125 Å². The second-order valence-electron chi connectivity index (χ2n) is 6.32. The zero-order valence-corrected chi connectivity index (χ0v) is 14.7. The molecule has 134 valence electrons. The summed E-state index contributed by atoms with van der Waals surface area (Å²) in [6, 6.07) is 7.14. The molecular formula is C18H24N4O3. The Morgan fingerprint density at radius 1 is 1.16 bits per heavy atom. The van der Waals surface area contributed by atoms with E-state index in [9.17, 15) is 14.4 Å². The lowest BCUT2D eigenvalue weighted by Crippen LogP contribution is -2.53. The van der Waals surface area contributed by atoms with Crippen molar-refractivity contribution in [3.63, 3.8) is 0 Å². The van der Waals surface area contributed by atoms with Crippen molar-refractivity contribution in [3.8, 4) is 6.07 Å². The molecule has 1 aromatic carbocycles. The zero-order chi connectivity index (χ0) is 19.0. The lowest BCUT2D eigenvalue weighted by molar-refractivity contribution is -0.131. The van der Waals surface area contributed by atoms with Gasteiger partial charge in [0.1, 0.15) is 12.1 Å². The average molecular weight is 344 g/mol. The summed E-state index contributed by atoms with van der Waals surface area (Å²) >= 11 is 0. The van der Waals surface area contributed by atoms with Gasteiger partial charge in [-0.1, -0.05) is 32.0 Å². The molecule has 0 radical (unpaired) electrons. The fourth-order valence-electron chi connectivity index (χ4n) is 2.47. The summed E-state index contributed by atoms with van der Waals surface area (Å²) in [4.78, 5) is 35.5. The summed E-state index contributed by atoms with van der Waals surface area (Å²) in [6.45, 7) is 5.18. The highest BCUT2D eigenvalue weighted by Gasteiger charge is 2.26. The van der Waals surface area contributed by atoms with Crippen LogP contribution in [0.25, 0.3) is 0 Å². The first-order valence-electron chi connectivity index (χ1n) is 8.09. The molecule has 0 heterocycles. The normalized spacial score (nSPS) is 12.8. The van der Waals surface area contributed by atoms with Gasteiger partial charge in [-0.15, -0.1) is 0 Å².